The van der Waals surface area contributed by atoms with E-state index in [2.05, 4.69) is 19.7 Å². The number of nitro benzene ring substituents is 1. The van der Waals surface area contributed by atoms with Gasteiger partial charge in [0.25, 0.3) is 11.6 Å². The lowest BCUT2D eigenvalue weighted by Crippen LogP contribution is -2.17. The Bertz CT molecular complexity index is 3640. The minimum Gasteiger partial charge on any atom is -0.405 e. The average molecular weight is 974 g/mol. The number of ether oxygens (including phenoxy) is 1. The fourth-order valence-corrected chi connectivity index (χ4v) is 6.17. The van der Waals surface area contributed by atoms with Crippen LogP contribution in [0.15, 0.2) is 129 Å². The summed E-state index contributed by atoms with van der Waals surface area (Å²) in [5, 5.41) is 21.1. The summed E-state index contributed by atoms with van der Waals surface area (Å²) >= 11 is 11.9. The molecule has 9 aromatic rings. The van der Waals surface area contributed by atoms with Gasteiger partial charge in [0, 0.05) is 18.2 Å². The van der Waals surface area contributed by atoms with E-state index in [0.29, 0.717) is 12.1 Å². The van der Waals surface area contributed by atoms with E-state index >= 15 is 0 Å². The molecule has 0 atom stereocenters. The molecule has 0 aliphatic heterocycles. The Labute approximate surface area is 373 Å². The molecule has 4 aromatic heterocycles. The van der Waals surface area contributed by atoms with Crippen molar-refractivity contribution in [2.45, 2.75) is 6.36 Å². The van der Waals surface area contributed by atoms with Gasteiger partial charge >= 0.3 is 29.1 Å². The number of nitro groups is 2. The molecule has 0 spiro atoms. The molecule has 0 aliphatic rings. The fraction of sp³-hybridized carbons (Fsp3) is 0.0244. The van der Waals surface area contributed by atoms with Gasteiger partial charge in [-0.2, -0.15) is 0 Å². The normalized spacial score (nSPS) is 11.2. The Kier molecular flexibility index (Phi) is 12.9. The van der Waals surface area contributed by atoms with Crippen LogP contribution in [0.4, 0.5) is 42.3 Å². The summed E-state index contributed by atoms with van der Waals surface area (Å²) in [7, 11) is 0. The summed E-state index contributed by atoms with van der Waals surface area (Å²) in [6, 6.07) is 18.5. The Morgan fingerprint density at radius 3 is 1.66 bits per heavy atom. The highest BCUT2D eigenvalue weighted by Gasteiger charge is 2.33. The second-order valence-electron chi connectivity index (χ2n) is 13.0. The first kappa shape index (κ1) is 46.5. The number of non-ortho nitro benzene ring substituents is 1. The molecular formula is C41H16Cl2F7N5O12. The highest BCUT2D eigenvalue weighted by molar-refractivity contribution is 6.43. The van der Waals surface area contributed by atoms with Gasteiger partial charge in [-0.3, -0.25) is 20.2 Å². The Morgan fingerprint density at radius 2 is 1.09 bits per heavy atom. The lowest BCUT2D eigenvalue weighted by Gasteiger charge is -2.12. The molecule has 0 saturated heterocycles. The molecule has 0 saturated carbocycles. The first-order valence-electron chi connectivity index (χ1n) is 17.9. The van der Waals surface area contributed by atoms with E-state index in [0.717, 1.165) is 30.3 Å². The Hall–Kier alpha value is -8.51. The maximum atomic E-state index is 13.3. The average Bonchev–Trinajstić information content (AvgIpc) is 3.77. The van der Waals surface area contributed by atoms with Crippen molar-refractivity contribution in [2.24, 2.45) is 0 Å². The molecule has 340 valence electrons. The Balaban J connectivity index is 0.000000149. The predicted molar refractivity (Wildman–Crippen MR) is 219 cm³/mol. The molecule has 0 aliphatic carbocycles. The van der Waals surface area contributed by atoms with Gasteiger partial charge in [-0.15, -0.1) is 13.2 Å². The summed E-state index contributed by atoms with van der Waals surface area (Å²) in [5.74, 6) is -7.04. The SMILES string of the molecule is O=c1oc(-c2ccc([N+](=O)[O-])o2)nc2cccc([N+](=O)[O-])c12.O=c1oc(-c2cccc(Cl)c2Cl)nc2cc(F)c(F)cc12.O=c1oc(-c2ccccc2OC(F)(F)F)nc2cc(F)c(F)cc12. The number of aromatic nitrogens is 3. The van der Waals surface area contributed by atoms with Crippen LogP contribution in [0.2, 0.25) is 10.0 Å². The molecular weight excluding hydrogens is 958 g/mol. The van der Waals surface area contributed by atoms with Gasteiger partial charge in [-0.1, -0.05) is 47.5 Å². The maximum absolute atomic E-state index is 13.3. The number of benzene rings is 5. The van der Waals surface area contributed by atoms with E-state index in [1.54, 1.807) is 18.2 Å². The van der Waals surface area contributed by atoms with Gasteiger partial charge in [0.05, 0.1) is 59.5 Å². The molecule has 0 unspecified atom stereocenters. The zero-order valence-corrected chi connectivity index (χ0v) is 33.8. The minimum atomic E-state index is -4.97. The number of rotatable bonds is 6. The number of alkyl halides is 3. The predicted octanol–water partition coefficient (Wildman–Crippen LogP) is 10.7. The highest BCUT2D eigenvalue weighted by atomic mass is 35.5. The van der Waals surface area contributed by atoms with Crippen LogP contribution in [0.25, 0.3) is 67.3 Å². The van der Waals surface area contributed by atoms with E-state index in [1.807, 2.05) is 0 Å². The number of para-hydroxylation sites is 1. The molecule has 0 radical (unpaired) electrons. The van der Waals surface area contributed by atoms with Crippen molar-refractivity contribution < 1.29 is 63.0 Å². The number of halogens is 9. The first-order valence-corrected chi connectivity index (χ1v) is 18.7. The largest absolute Gasteiger partial charge is 0.573 e. The van der Waals surface area contributed by atoms with Crippen LogP contribution in [0.1, 0.15) is 0 Å². The van der Waals surface area contributed by atoms with Crippen molar-refractivity contribution in [2.75, 3.05) is 0 Å². The summed E-state index contributed by atoms with van der Waals surface area (Å²) in [6.07, 6.45) is -4.97. The van der Waals surface area contributed by atoms with Crippen molar-refractivity contribution in [1.82, 2.24) is 15.0 Å². The lowest BCUT2D eigenvalue weighted by atomic mass is 10.2. The van der Waals surface area contributed by atoms with Gasteiger partial charge in [0.1, 0.15) is 10.7 Å². The van der Waals surface area contributed by atoms with E-state index in [-0.39, 0.29) is 71.4 Å². The molecule has 0 amide bonds. The molecule has 0 N–H and O–H groups in total. The third-order valence-corrected chi connectivity index (χ3v) is 9.50. The number of hydrogen-bond acceptors (Lipinski definition) is 15. The zero-order valence-electron chi connectivity index (χ0n) is 32.3. The van der Waals surface area contributed by atoms with Crippen molar-refractivity contribution >= 4 is 67.5 Å². The van der Waals surface area contributed by atoms with Gasteiger partial charge in [-0.05, 0) is 48.5 Å². The zero-order chi connectivity index (χ0) is 48.5. The van der Waals surface area contributed by atoms with Gasteiger partial charge in [-0.25, -0.2) is 46.9 Å². The summed E-state index contributed by atoms with van der Waals surface area (Å²) < 4.78 is 114. The second kappa shape index (κ2) is 18.5. The van der Waals surface area contributed by atoms with E-state index in [1.165, 1.54) is 36.4 Å². The number of nitrogens with zero attached hydrogens (tertiary/aromatic N) is 5. The molecule has 0 fully saturated rings. The molecule has 0 bridgehead atoms. The Morgan fingerprint density at radius 1 is 0.567 bits per heavy atom. The number of fused-ring (bicyclic) bond motifs is 3. The van der Waals surface area contributed by atoms with Crippen LogP contribution >= 0.6 is 23.2 Å². The molecule has 9 rings (SSSR count). The van der Waals surface area contributed by atoms with Gasteiger partial charge in [0.2, 0.25) is 11.8 Å². The fourth-order valence-electron chi connectivity index (χ4n) is 5.79. The van der Waals surface area contributed by atoms with Crippen LogP contribution in [-0.2, 0) is 0 Å². The molecule has 26 heteroatoms. The van der Waals surface area contributed by atoms with Crippen molar-refractivity contribution in [3.63, 3.8) is 0 Å². The number of furan rings is 1. The van der Waals surface area contributed by atoms with Crippen LogP contribution < -0.4 is 21.6 Å². The standard InChI is InChI=1S/C15H6F5NO3.C14H5Cl2F2NO2.C12H5N3O7/c16-9-5-8-11(6-10(9)17)21-13(23-14(8)22)7-3-1-2-4-12(7)24-15(18,19)20;15-8-3-1-2-6(12(8)16)13-19-11-5-10(18)9(17)4-7(11)14(20)21-13;16-12-10-6(2-1-3-7(10)14(17)18)13-11(22-12)8-4-5-9(21-8)15(19)20/h1-6H;1-5H;1-5H. The van der Waals surface area contributed by atoms with Crippen LogP contribution in [-0.4, -0.2) is 31.2 Å². The third kappa shape index (κ3) is 10.1. The highest BCUT2D eigenvalue weighted by Crippen LogP contribution is 2.35. The third-order valence-electron chi connectivity index (χ3n) is 8.68. The smallest absolute Gasteiger partial charge is 0.405 e. The van der Waals surface area contributed by atoms with Crippen LogP contribution in [0, 0.1) is 43.5 Å². The molecule has 5 aromatic carbocycles. The van der Waals surface area contributed by atoms with E-state index in [9.17, 15) is 65.3 Å². The topological polar surface area (TPSA) is 238 Å². The summed E-state index contributed by atoms with van der Waals surface area (Å²) in [4.78, 5) is 67.4. The quantitative estimate of drug-likeness (QED) is 0.0855. The monoisotopic (exact) mass is 973 g/mol. The van der Waals surface area contributed by atoms with Crippen molar-refractivity contribution in [1.29, 1.82) is 0 Å². The molecule has 17 nitrogen and oxygen atoms in total. The first-order chi connectivity index (χ1) is 31.7. The molecule has 4 heterocycles. The van der Waals surface area contributed by atoms with Crippen LogP contribution in [0.5, 0.6) is 5.75 Å². The van der Waals surface area contributed by atoms with Gasteiger partial charge in [0.15, 0.2) is 34.4 Å². The lowest BCUT2D eigenvalue weighted by molar-refractivity contribution is -0.401. The second-order valence-corrected chi connectivity index (χ2v) is 13.7. The van der Waals surface area contributed by atoms with E-state index < -0.39 is 79.6 Å². The van der Waals surface area contributed by atoms with Crippen LogP contribution in [0.3, 0.4) is 0 Å². The number of hydrogen-bond donors (Lipinski definition) is 0. The summed E-state index contributed by atoms with van der Waals surface area (Å²) in [5.41, 5.74) is -3.58. The van der Waals surface area contributed by atoms with Gasteiger partial charge < -0.3 is 22.4 Å². The molecule has 67 heavy (non-hydrogen) atoms. The van der Waals surface area contributed by atoms with Crippen molar-refractivity contribution in [3.8, 4) is 40.3 Å². The van der Waals surface area contributed by atoms with Crippen molar-refractivity contribution in [3.05, 3.63) is 182 Å². The minimum absolute atomic E-state index is 0.0273. The van der Waals surface area contributed by atoms with E-state index in [4.69, 9.17) is 40.9 Å². The maximum Gasteiger partial charge on any atom is 0.573 e. The summed E-state index contributed by atoms with van der Waals surface area (Å²) in [6.45, 7) is 0.